The number of nitro benzene ring substituents is 1. The first-order chi connectivity index (χ1) is 9.08. The van der Waals surface area contributed by atoms with E-state index in [4.69, 9.17) is 0 Å². The number of nitrogens with zero attached hydrogens (tertiary/aromatic N) is 2. The Morgan fingerprint density at radius 3 is 3.05 bits per heavy atom. The van der Waals surface area contributed by atoms with E-state index in [2.05, 4.69) is 27.4 Å². The molecule has 2 aromatic rings. The minimum atomic E-state index is -0.471. The van der Waals surface area contributed by atoms with E-state index in [0.717, 1.165) is 0 Å². The van der Waals surface area contributed by atoms with E-state index in [1.807, 2.05) is 0 Å². The summed E-state index contributed by atoms with van der Waals surface area (Å²) in [6.07, 6.45) is 0. The molecule has 1 amide bonds. The van der Waals surface area contributed by atoms with Gasteiger partial charge in [0.15, 0.2) is 0 Å². The summed E-state index contributed by atoms with van der Waals surface area (Å²) in [7, 11) is 0. The summed E-state index contributed by atoms with van der Waals surface area (Å²) < 4.78 is 0. The summed E-state index contributed by atoms with van der Waals surface area (Å²) in [5.41, 5.74) is 1.08. The van der Waals surface area contributed by atoms with Crippen LogP contribution >= 0.6 is 0 Å². The van der Waals surface area contributed by atoms with Gasteiger partial charge in [-0.3, -0.25) is 20.0 Å². The molecule has 0 fully saturated rings. The molecule has 2 N–H and O–H groups in total. The van der Waals surface area contributed by atoms with Crippen LogP contribution in [0, 0.1) is 22.0 Å². The van der Waals surface area contributed by atoms with Gasteiger partial charge in [0.25, 0.3) is 5.69 Å². The van der Waals surface area contributed by atoms with E-state index >= 15 is 0 Å². The number of amides is 1. The van der Waals surface area contributed by atoms with Gasteiger partial charge in [0.2, 0.25) is 5.91 Å². The van der Waals surface area contributed by atoms with Crippen molar-refractivity contribution in [3.63, 3.8) is 0 Å². The molecule has 0 saturated heterocycles. The van der Waals surface area contributed by atoms with Crippen molar-refractivity contribution in [3.8, 4) is 11.8 Å². The Labute approximate surface area is 108 Å². The third-order valence-corrected chi connectivity index (χ3v) is 2.39. The van der Waals surface area contributed by atoms with Crippen LogP contribution in [0.15, 0.2) is 18.2 Å². The van der Waals surface area contributed by atoms with E-state index in [1.165, 1.54) is 19.1 Å². The fourth-order valence-corrected chi connectivity index (χ4v) is 1.51. The molecule has 2 rings (SSSR count). The zero-order chi connectivity index (χ0) is 13.8. The predicted octanol–water partition coefficient (Wildman–Crippen LogP) is 0.959. The van der Waals surface area contributed by atoms with Gasteiger partial charge < -0.3 is 5.32 Å². The highest BCUT2D eigenvalue weighted by Gasteiger charge is 2.10. The molecule has 1 aromatic heterocycles. The molecule has 0 unspecified atom stereocenters. The number of H-pyrrole nitrogens is 1. The van der Waals surface area contributed by atoms with Crippen LogP contribution in [-0.4, -0.2) is 27.6 Å². The van der Waals surface area contributed by atoms with Crippen LogP contribution < -0.4 is 5.32 Å². The zero-order valence-corrected chi connectivity index (χ0v) is 10.1. The highest BCUT2D eigenvalue weighted by atomic mass is 16.6. The largest absolute Gasteiger partial charge is 0.345 e. The molecule has 7 nitrogen and oxygen atoms in total. The van der Waals surface area contributed by atoms with Crippen molar-refractivity contribution < 1.29 is 9.72 Å². The first-order valence-corrected chi connectivity index (χ1v) is 5.44. The van der Waals surface area contributed by atoms with Crippen LogP contribution in [0.4, 0.5) is 5.69 Å². The van der Waals surface area contributed by atoms with Crippen molar-refractivity contribution in [1.29, 1.82) is 0 Å². The van der Waals surface area contributed by atoms with Crippen LogP contribution in [0.2, 0.25) is 0 Å². The van der Waals surface area contributed by atoms with Gasteiger partial charge in [-0.1, -0.05) is 5.92 Å². The Hall–Kier alpha value is -2.88. The van der Waals surface area contributed by atoms with Crippen LogP contribution in [0.1, 0.15) is 12.6 Å². The van der Waals surface area contributed by atoms with Gasteiger partial charge in [0.05, 0.1) is 17.0 Å². The number of carbonyl (C=O) groups is 1. The molecular weight excluding hydrogens is 248 g/mol. The van der Waals surface area contributed by atoms with Gasteiger partial charge in [0.1, 0.15) is 5.69 Å². The Morgan fingerprint density at radius 1 is 1.58 bits per heavy atom. The minimum absolute atomic E-state index is 0.0150. The van der Waals surface area contributed by atoms with Gasteiger partial charge in [-0.15, -0.1) is 0 Å². The molecule has 0 atom stereocenters. The summed E-state index contributed by atoms with van der Waals surface area (Å²) in [6, 6.07) is 4.36. The number of aromatic amines is 1. The van der Waals surface area contributed by atoms with Crippen molar-refractivity contribution in [2.75, 3.05) is 6.54 Å². The summed E-state index contributed by atoms with van der Waals surface area (Å²) in [5, 5.41) is 20.5. The third kappa shape index (κ3) is 2.87. The first-order valence-electron chi connectivity index (χ1n) is 5.44. The molecule has 19 heavy (non-hydrogen) atoms. The maximum atomic E-state index is 10.7. The Balaban J connectivity index is 2.30. The fourth-order valence-electron chi connectivity index (χ4n) is 1.51. The van der Waals surface area contributed by atoms with Crippen LogP contribution in [0.25, 0.3) is 10.9 Å². The number of aromatic nitrogens is 2. The average molecular weight is 258 g/mol. The Kier molecular flexibility index (Phi) is 3.43. The van der Waals surface area contributed by atoms with Crippen molar-refractivity contribution >= 4 is 22.5 Å². The lowest BCUT2D eigenvalue weighted by molar-refractivity contribution is -0.384. The van der Waals surface area contributed by atoms with Crippen molar-refractivity contribution in [2.24, 2.45) is 0 Å². The second-order valence-corrected chi connectivity index (χ2v) is 3.77. The van der Waals surface area contributed by atoms with Gasteiger partial charge in [0, 0.05) is 24.4 Å². The molecule has 0 bridgehead atoms. The molecule has 0 aliphatic rings. The topological polar surface area (TPSA) is 101 Å². The number of hydrogen-bond donors (Lipinski definition) is 2. The maximum absolute atomic E-state index is 10.7. The monoisotopic (exact) mass is 258 g/mol. The van der Waals surface area contributed by atoms with E-state index in [9.17, 15) is 14.9 Å². The number of benzene rings is 1. The quantitative estimate of drug-likeness (QED) is 0.476. The van der Waals surface area contributed by atoms with E-state index in [0.29, 0.717) is 16.6 Å². The van der Waals surface area contributed by atoms with Gasteiger partial charge in [-0.2, -0.15) is 5.10 Å². The van der Waals surface area contributed by atoms with Crippen LogP contribution in [0.5, 0.6) is 0 Å². The van der Waals surface area contributed by atoms with Gasteiger partial charge in [-0.05, 0) is 12.0 Å². The van der Waals surface area contributed by atoms with Gasteiger partial charge >= 0.3 is 0 Å². The molecule has 0 spiro atoms. The van der Waals surface area contributed by atoms with Crippen LogP contribution in [0.3, 0.4) is 0 Å². The molecule has 1 aromatic carbocycles. The number of nitrogens with one attached hydrogen (secondary N) is 2. The smallest absolute Gasteiger partial charge is 0.270 e. The summed E-state index contributed by atoms with van der Waals surface area (Å²) in [6.45, 7) is 1.61. The van der Waals surface area contributed by atoms with Crippen molar-refractivity contribution in [2.45, 2.75) is 6.92 Å². The van der Waals surface area contributed by atoms with E-state index in [-0.39, 0.29) is 18.1 Å². The fraction of sp³-hybridized carbons (Fsp3) is 0.167. The van der Waals surface area contributed by atoms with Crippen molar-refractivity contribution in [1.82, 2.24) is 15.5 Å². The van der Waals surface area contributed by atoms with E-state index < -0.39 is 4.92 Å². The van der Waals surface area contributed by atoms with Crippen LogP contribution in [-0.2, 0) is 4.79 Å². The second-order valence-electron chi connectivity index (χ2n) is 3.77. The predicted molar refractivity (Wildman–Crippen MR) is 68.3 cm³/mol. The highest BCUT2D eigenvalue weighted by Crippen LogP contribution is 2.21. The second kappa shape index (κ2) is 5.18. The normalized spacial score (nSPS) is 9.74. The SMILES string of the molecule is CC(=O)NCC#Cc1[nH]nc2ccc([N+](=O)[O-])cc12. The number of hydrogen-bond acceptors (Lipinski definition) is 4. The zero-order valence-electron chi connectivity index (χ0n) is 10.1. The number of carbonyl (C=O) groups excluding carboxylic acids is 1. The molecule has 7 heteroatoms. The molecule has 0 saturated carbocycles. The first kappa shape index (κ1) is 12.6. The Morgan fingerprint density at radius 2 is 2.37 bits per heavy atom. The lowest BCUT2D eigenvalue weighted by Gasteiger charge is -1.92. The molecule has 0 aliphatic carbocycles. The lowest BCUT2D eigenvalue weighted by Crippen LogP contribution is -2.19. The number of nitro groups is 1. The van der Waals surface area contributed by atoms with Gasteiger partial charge in [-0.25, -0.2) is 0 Å². The number of rotatable bonds is 2. The lowest BCUT2D eigenvalue weighted by atomic mass is 10.2. The molecule has 96 valence electrons. The number of fused-ring (bicyclic) bond motifs is 1. The molecule has 0 radical (unpaired) electrons. The molecule has 1 heterocycles. The molecule has 0 aliphatic heterocycles. The standard InChI is InChI=1S/C12H10N4O3/c1-8(17)13-6-2-3-11-10-7-9(16(18)19)4-5-12(10)15-14-11/h4-5,7H,6H2,1H3,(H,13,17)(H,14,15). The highest BCUT2D eigenvalue weighted by molar-refractivity contribution is 5.86. The number of non-ortho nitro benzene ring substituents is 1. The minimum Gasteiger partial charge on any atom is -0.345 e. The molecular formula is C12H10N4O3. The summed E-state index contributed by atoms with van der Waals surface area (Å²) in [5.74, 6) is 5.35. The summed E-state index contributed by atoms with van der Waals surface area (Å²) >= 11 is 0. The Bertz CT molecular complexity index is 709. The van der Waals surface area contributed by atoms with Crippen molar-refractivity contribution in [3.05, 3.63) is 34.0 Å². The third-order valence-electron chi connectivity index (χ3n) is 2.39. The summed E-state index contributed by atoms with van der Waals surface area (Å²) in [4.78, 5) is 20.9. The maximum Gasteiger partial charge on any atom is 0.270 e. The van der Waals surface area contributed by atoms with E-state index in [1.54, 1.807) is 6.07 Å². The average Bonchev–Trinajstić information content (AvgIpc) is 2.76.